The molecule has 0 spiro atoms. The summed E-state index contributed by atoms with van der Waals surface area (Å²) in [4.78, 5) is 27.5. The Hall–Kier alpha value is -2.95. The first-order valence-corrected chi connectivity index (χ1v) is 6.74. The summed E-state index contributed by atoms with van der Waals surface area (Å²) in [7, 11) is 0. The van der Waals surface area contributed by atoms with E-state index in [1.54, 1.807) is 12.1 Å². The molecule has 2 aromatic carbocycles. The topological polar surface area (TPSA) is 62.0 Å². The molecule has 0 saturated heterocycles. The summed E-state index contributed by atoms with van der Waals surface area (Å²) in [6.07, 6.45) is 1.34. The second-order valence-corrected chi connectivity index (χ2v) is 4.99. The Morgan fingerprint density at radius 2 is 1.95 bits per heavy atom. The average molecular weight is 296 g/mol. The Bertz CT molecular complexity index is 931. The van der Waals surface area contributed by atoms with Crippen LogP contribution in [-0.2, 0) is 0 Å². The molecule has 0 fully saturated rings. The number of pyridine rings is 1. The zero-order valence-electron chi connectivity index (χ0n) is 11.8. The zero-order valence-corrected chi connectivity index (χ0v) is 11.8. The summed E-state index contributed by atoms with van der Waals surface area (Å²) in [5.41, 5.74) is 1.45. The maximum Gasteiger partial charge on any atom is 0.261 e. The number of carbonyl (C=O) groups is 1. The lowest BCUT2D eigenvalue weighted by molar-refractivity contribution is 0.102. The third-order valence-electron chi connectivity index (χ3n) is 3.48. The van der Waals surface area contributed by atoms with Crippen LogP contribution in [0.3, 0.4) is 0 Å². The number of benzene rings is 2. The predicted molar refractivity (Wildman–Crippen MR) is 83.7 cm³/mol. The third kappa shape index (κ3) is 2.48. The molecule has 0 radical (unpaired) electrons. The number of amides is 1. The molecule has 1 heterocycles. The van der Waals surface area contributed by atoms with Gasteiger partial charge in [-0.1, -0.05) is 18.2 Å². The maximum absolute atomic E-state index is 13.3. The van der Waals surface area contributed by atoms with Crippen LogP contribution < -0.4 is 10.7 Å². The number of hydrogen-bond acceptors (Lipinski definition) is 2. The second-order valence-electron chi connectivity index (χ2n) is 4.99. The molecule has 0 bridgehead atoms. The second kappa shape index (κ2) is 5.44. The number of halogens is 1. The Kier molecular flexibility index (Phi) is 3.47. The monoisotopic (exact) mass is 296 g/mol. The number of aromatic amines is 1. The van der Waals surface area contributed by atoms with Crippen LogP contribution in [0.15, 0.2) is 53.5 Å². The summed E-state index contributed by atoms with van der Waals surface area (Å²) in [5, 5.41) is 2.84. The van der Waals surface area contributed by atoms with Crippen molar-refractivity contribution in [2.24, 2.45) is 0 Å². The molecule has 0 aliphatic rings. The summed E-state index contributed by atoms with van der Waals surface area (Å²) >= 11 is 0. The summed E-state index contributed by atoms with van der Waals surface area (Å²) < 4.78 is 13.3. The van der Waals surface area contributed by atoms with Crippen LogP contribution in [0.2, 0.25) is 0 Å². The molecule has 2 N–H and O–H groups in total. The van der Waals surface area contributed by atoms with Crippen molar-refractivity contribution in [3.8, 4) is 0 Å². The van der Waals surface area contributed by atoms with Gasteiger partial charge >= 0.3 is 0 Å². The smallest absolute Gasteiger partial charge is 0.261 e. The van der Waals surface area contributed by atoms with E-state index in [-0.39, 0.29) is 10.9 Å². The summed E-state index contributed by atoms with van der Waals surface area (Å²) in [6, 6.07) is 11.1. The number of anilines is 1. The van der Waals surface area contributed by atoms with Gasteiger partial charge in [0.05, 0.1) is 0 Å². The Labute approximate surface area is 125 Å². The van der Waals surface area contributed by atoms with Crippen LogP contribution in [0.5, 0.6) is 0 Å². The molecule has 1 aromatic heterocycles. The van der Waals surface area contributed by atoms with E-state index in [0.29, 0.717) is 11.2 Å². The number of aromatic nitrogens is 1. The van der Waals surface area contributed by atoms with Crippen LogP contribution in [-0.4, -0.2) is 10.9 Å². The summed E-state index contributed by atoms with van der Waals surface area (Å²) in [5.74, 6) is -1.05. The first kappa shape index (κ1) is 14.0. The first-order valence-electron chi connectivity index (χ1n) is 6.74. The number of aryl methyl sites for hydroxylation is 1. The van der Waals surface area contributed by atoms with E-state index in [4.69, 9.17) is 0 Å². The Morgan fingerprint density at radius 3 is 2.73 bits per heavy atom. The molecule has 4 nitrogen and oxygen atoms in total. The fourth-order valence-corrected chi connectivity index (χ4v) is 2.26. The Morgan fingerprint density at radius 1 is 1.18 bits per heavy atom. The molecule has 3 aromatic rings. The van der Waals surface area contributed by atoms with Crippen molar-refractivity contribution in [3.63, 3.8) is 0 Å². The highest BCUT2D eigenvalue weighted by atomic mass is 19.1. The lowest BCUT2D eigenvalue weighted by atomic mass is 10.1. The fourth-order valence-electron chi connectivity index (χ4n) is 2.26. The van der Waals surface area contributed by atoms with Gasteiger partial charge in [0, 0.05) is 22.8 Å². The lowest BCUT2D eigenvalue weighted by Crippen LogP contribution is -2.22. The molecule has 0 aliphatic carbocycles. The first-order chi connectivity index (χ1) is 10.6. The van der Waals surface area contributed by atoms with Crippen molar-refractivity contribution >= 4 is 22.5 Å². The molecule has 22 heavy (non-hydrogen) atoms. The van der Waals surface area contributed by atoms with E-state index in [9.17, 15) is 14.0 Å². The quantitative estimate of drug-likeness (QED) is 0.762. The van der Waals surface area contributed by atoms with E-state index >= 15 is 0 Å². The van der Waals surface area contributed by atoms with Crippen LogP contribution in [0.4, 0.5) is 10.1 Å². The van der Waals surface area contributed by atoms with Gasteiger partial charge in [0.25, 0.3) is 5.91 Å². The van der Waals surface area contributed by atoms with Gasteiger partial charge in [0.2, 0.25) is 5.43 Å². The molecule has 5 heteroatoms. The van der Waals surface area contributed by atoms with Gasteiger partial charge in [-0.3, -0.25) is 9.59 Å². The minimum Gasteiger partial charge on any atom is -0.360 e. The highest BCUT2D eigenvalue weighted by Crippen LogP contribution is 2.15. The molecule has 1 amide bonds. The molecule has 0 aliphatic heterocycles. The molecule has 0 atom stereocenters. The molecule has 110 valence electrons. The standard InChI is InChI=1S/C17H13FN2O2/c1-10-4-2-3-5-14(10)20-17(22)13-9-19-15-7-6-11(18)8-12(15)16(13)21/h2-9H,1H3,(H,19,21)(H,20,22). The van der Waals surface area contributed by atoms with E-state index in [2.05, 4.69) is 10.3 Å². The fraction of sp³-hybridized carbons (Fsp3) is 0.0588. The number of hydrogen-bond donors (Lipinski definition) is 2. The van der Waals surface area contributed by atoms with E-state index in [0.717, 1.165) is 11.6 Å². The van der Waals surface area contributed by atoms with Crippen LogP contribution in [0, 0.1) is 12.7 Å². The van der Waals surface area contributed by atoms with Gasteiger partial charge in [-0.15, -0.1) is 0 Å². The average Bonchev–Trinajstić information content (AvgIpc) is 2.50. The zero-order chi connectivity index (χ0) is 15.7. The molecule has 0 saturated carbocycles. The van der Waals surface area contributed by atoms with Gasteiger partial charge in [0.1, 0.15) is 11.4 Å². The van der Waals surface area contributed by atoms with Gasteiger partial charge in [0.15, 0.2) is 0 Å². The van der Waals surface area contributed by atoms with E-state index in [1.165, 1.54) is 18.3 Å². The predicted octanol–water partition coefficient (Wildman–Crippen LogP) is 3.23. The van der Waals surface area contributed by atoms with Crippen molar-refractivity contribution in [3.05, 3.63) is 75.8 Å². The number of fused-ring (bicyclic) bond motifs is 1. The SMILES string of the molecule is Cc1ccccc1NC(=O)c1c[nH]c2ccc(F)cc2c1=O. The van der Waals surface area contributed by atoms with Crippen molar-refractivity contribution < 1.29 is 9.18 Å². The molecule has 3 rings (SSSR count). The van der Waals surface area contributed by atoms with Gasteiger partial charge in [-0.25, -0.2) is 4.39 Å². The van der Waals surface area contributed by atoms with E-state index in [1.807, 2.05) is 19.1 Å². The third-order valence-corrected chi connectivity index (χ3v) is 3.48. The van der Waals surface area contributed by atoms with Crippen molar-refractivity contribution in [2.75, 3.05) is 5.32 Å². The molecular formula is C17H13FN2O2. The normalized spacial score (nSPS) is 10.6. The maximum atomic E-state index is 13.3. The van der Waals surface area contributed by atoms with Crippen molar-refractivity contribution in [2.45, 2.75) is 6.92 Å². The highest BCUT2D eigenvalue weighted by Gasteiger charge is 2.14. The minimum atomic E-state index is -0.526. The van der Waals surface area contributed by atoms with Crippen molar-refractivity contribution in [1.82, 2.24) is 4.98 Å². The minimum absolute atomic E-state index is 0.0543. The van der Waals surface area contributed by atoms with Crippen molar-refractivity contribution in [1.29, 1.82) is 0 Å². The largest absolute Gasteiger partial charge is 0.360 e. The van der Waals surface area contributed by atoms with Crippen LogP contribution in [0.1, 0.15) is 15.9 Å². The number of carbonyl (C=O) groups excluding carboxylic acids is 1. The number of para-hydroxylation sites is 1. The number of nitrogens with one attached hydrogen (secondary N) is 2. The molecular weight excluding hydrogens is 283 g/mol. The summed E-state index contributed by atoms with van der Waals surface area (Å²) in [6.45, 7) is 1.86. The van der Waals surface area contributed by atoms with Gasteiger partial charge in [-0.2, -0.15) is 0 Å². The lowest BCUT2D eigenvalue weighted by Gasteiger charge is -2.08. The van der Waals surface area contributed by atoms with Gasteiger partial charge < -0.3 is 10.3 Å². The van der Waals surface area contributed by atoms with Crippen LogP contribution >= 0.6 is 0 Å². The number of rotatable bonds is 2. The van der Waals surface area contributed by atoms with Gasteiger partial charge in [-0.05, 0) is 36.8 Å². The molecule has 0 unspecified atom stereocenters. The van der Waals surface area contributed by atoms with E-state index < -0.39 is 17.2 Å². The number of H-pyrrole nitrogens is 1. The highest BCUT2D eigenvalue weighted by molar-refractivity contribution is 6.06. The van der Waals surface area contributed by atoms with Crippen LogP contribution in [0.25, 0.3) is 10.9 Å². The Balaban J connectivity index is 2.03.